The van der Waals surface area contributed by atoms with E-state index in [1.54, 1.807) is 0 Å². The lowest BCUT2D eigenvalue weighted by molar-refractivity contribution is 0.00122. The molecule has 0 aromatic heterocycles. The molecule has 0 heterocycles. The van der Waals surface area contributed by atoms with Crippen molar-refractivity contribution in [3.8, 4) is 0 Å². The Morgan fingerprint density at radius 3 is 1.93 bits per heavy atom. The normalized spacial score (nSPS) is 51.2. The third-order valence-corrected chi connectivity index (χ3v) is 4.53. The lowest BCUT2D eigenvalue weighted by atomic mass is 9.54. The summed E-state index contributed by atoms with van der Waals surface area (Å²) in [5.41, 5.74) is 5.72. The van der Waals surface area contributed by atoms with Crippen LogP contribution in [0.5, 0.6) is 0 Å². The van der Waals surface area contributed by atoms with Crippen LogP contribution in [0.1, 0.15) is 39.0 Å². The van der Waals surface area contributed by atoms with Gasteiger partial charge in [0, 0.05) is 0 Å². The number of amidine groups is 1. The fourth-order valence-electron chi connectivity index (χ4n) is 4.34. The summed E-state index contributed by atoms with van der Waals surface area (Å²) >= 11 is 0. The lowest BCUT2D eigenvalue weighted by Gasteiger charge is -2.53. The fourth-order valence-corrected chi connectivity index (χ4v) is 4.34. The number of nitrogens with zero attached hydrogens (tertiary/aromatic N) is 1. The van der Waals surface area contributed by atoms with Gasteiger partial charge in [-0.3, -0.25) is 4.99 Å². The Balaban J connectivity index is 1.84. The van der Waals surface area contributed by atoms with Crippen molar-refractivity contribution in [2.45, 2.75) is 45.1 Å². The van der Waals surface area contributed by atoms with E-state index < -0.39 is 0 Å². The Morgan fingerprint density at radius 1 is 1.00 bits per heavy atom. The Labute approximate surface area is 86.0 Å². The summed E-state index contributed by atoms with van der Waals surface area (Å²) in [5, 5.41) is 0. The first-order valence-corrected chi connectivity index (χ1v) is 6.02. The van der Waals surface area contributed by atoms with E-state index in [2.05, 4.69) is 4.99 Å². The number of nitrogens with two attached hydrogens (primary N) is 1. The van der Waals surface area contributed by atoms with Gasteiger partial charge in [0.25, 0.3) is 0 Å². The first kappa shape index (κ1) is 8.75. The van der Waals surface area contributed by atoms with Gasteiger partial charge >= 0.3 is 0 Å². The SMILES string of the molecule is CC(N)=NC1C2CC3CC(C2)CC1C3. The first-order valence-electron chi connectivity index (χ1n) is 6.02. The van der Waals surface area contributed by atoms with Crippen LogP contribution in [0.3, 0.4) is 0 Å². The van der Waals surface area contributed by atoms with E-state index in [1.165, 1.54) is 32.1 Å². The van der Waals surface area contributed by atoms with Crippen LogP contribution in [-0.4, -0.2) is 11.9 Å². The third kappa shape index (κ3) is 1.27. The zero-order valence-corrected chi connectivity index (χ0v) is 8.95. The second-order valence-corrected chi connectivity index (χ2v) is 5.69. The molecule has 4 aliphatic rings. The number of rotatable bonds is 1. The van der Waals surface area contributed by atoms with Crippen molar-refractivity contribution in [3.05, 3.63) is 0 Å². The van der Waals surface area contributed by atoms with Crippen LogP contribution in [0, 0.1) is 23.7 Å². The molecule has 0 saturated heterocycles. The largest absolute Gasteiger partial charge is 0.388 e. The van der Waals surface area contributed by atoms with Crippen molar-refractivity contribution >= 4 is 5.84 Å². The molecule has 4 bridgehead atoms. The molecule has 0 aromatic carbocycles. The van der Waals surface area contributed by atoms with Gasteiger partial charge < -0.3 is 5.73 Å². The smallest absolute Gasteiger partial charge is 0.0909 e. The average Bonchev–Trinajstić information content (AvgIpc) is 2.09. The molecular weight excluding hydrogens is 172 g/mol. The van der Waals surface area contributed by atoms with E-state index in [-0.39, 0.29) is 0 Å². The molecule has 0 aromatic rings. The van der Waals surface area contributed by atoms with Gasteiger partial charge in [-0.05, 0) is 62.7 Å². The quantitative estimate of drug-likeness (QED) is 0.502. The van der Waals surface area contributed by atoms with Crippen LogP contribution in [0.15, 0.2) is 4.99 Å². The predicted molar refractivity (Wildman–Crippen MR) is 58.1 cm³/mol. The summed E-state index contributed by atoms with van der Waals surface area (Å²) in [6, 6.07) is 0.591. The Kier molecular flexibility index (Phi) is 1.86. The molecular formula is C12H20N2. The molecule has 4 rings (SSSR count). The minimum Gasteiger partial charge on any atom is -0.388 e. The molecule has 0 spiro atoms. The fraction of sp³-hybridized carbons (Fsp3) is 0.917. The van der Waals surface area contributed by atoms with Gasteiger partial charge in [-0.1, -0.05) is 0 Å². The second kappa shape index (κ2) is 2.98. The summed E-state index contributed by atoms with van der Waals surface area (Å²) in [5.74, 6) is 4.64. The molecule has 0 unspecified atom stereocenters. The summed E-state index contributed by atoms with van der Waals surface area (Å²) < 4.78 is 0. The maximum Gasteiger partial charge on any atom is 0.0909 e. The van der Waals surface area contributed by atoms with Crippen LogP contribution in [-0.2, 0) is 0 Å². The van der Waals surface area contributed by atoms with Gasteiger partial charge in [-0.2, -0.15) is 0 Å². The van der Waals surface area contributed by atoms with Crippen LogP contribution < -0.4 is 5.73 Å². The van der Waals surface area contributed by atoms with Crippen molar-refractivity contribution in [3.63, 3.8) is 0 Å². The van der Waals surface area contributed by atoms with Gasteiger partial charge in [0.15, 0.2) is 0 Å². The molecule has 4 aliphatic carbocycles. The second-order valence-electron chi connectivity index (χ2n) is 5.69. The zero-order valence-electron chi connectivity index (χ0n) is 8.95. The maximum absolute atomic E-state index is 5.72. The molecule has 0 atom stereocenters. The minimum absolute atomic E-state index is 0.591. The first-order chi connectivity index (χ1) is 6.72. The Bertz CT molecular complexity index is 237. The van der Waals surface area contributed by atoms with Gasteiger partial charge in [0.1, 0.15) is 0 Å². The molecule has 78 valence electrons. The van der Waals surface area contributed by atoms with Crippen molar-refractivity contribution in [1.82, 2.24) is 0 Å². The van der Waals surface area contributed by atoms with Crippen molar-refractivity contribution in [2.75, 3.05) is 0 Å². The maximum atomic E-state index is 5.72. The zero-order chi connectivity index (χ0) is 9.71. The van der Waals surface area contributed by atoms with Crippen LogP contribution in [0.4, 0.5) is 0 Å². The van der Waals surface area contributed by atoms with Gasteiger partial charge in [0.2, 0.25) is 0 Å². The minimum atomic E-state index is 0.591. The Morgan fingerprint density at radius 2 is 1.50 bits per heavy atom. The van der Waals surface area contributed by atoms with E-state index in [1.807, 2.05) is 6.92 Å². The van der Waals surface area contributed by atoms with Crippen molar-refractivity contribution in [2.24, 2.45) is 34.4 Å². The third-order valence-electron chi connectivity index (χ3n) is 4.53. The van der Waals surface area contributed by atoms with Gasteiger partial charge in [-0.25, -0.2) is 0 Å². The Hall–Kier alpha value is -0.530. The number of aliphatic imine (C=N–C) groups is 1. The monoisotopic (exact) mass is 192 g/mol. The highest BCUT2D eigenvalue weighted by Gasteiger charge is 2.48. The van der Waals surface area contributed by atoms with E-state index in [0.29, 0.717) is 6.04 Å². The molecule has 2 nitrogen and oxygen atoms in total. The molecule has 14 heavy (non-hydrogen) atoms. The molecule has 4 fully saturated rings. The molecule has 0 amide bonds. The molecule has 0 aliphatic heterocycles. The van der Waals surface area contributed by atoms with Crippen molar-refractivity contribution in [1.29, 1.82) is 0 Å². The van der Waals surface area contributed by atoms with E-state index in [4.69, 9.17) is 5.73 Å². The van der Waals surface area contributed by atoms with Gasteiger partial charge in [0.05, 0.1) is 11.9 Å². The predicted octanol–water partition coefficient (Wildman–Crippen LogP) is 2.19. The summed E-state index contributed by atoms with van der Waals surface area (Å²) in [6.07, 6.45) is 7.27. The van der Waals surface area contributed by atoms with Crippen LogP contribution in [0.25, 0.3) is 0 Å². The molecule has 4 saturated carbocycles. The van der Waals surface area contributed by atoms with E-state index >= 15 is 0 Å². The number of hydrogen-bond donors (Lipinski definition) is 1. The lowest BCUT2D eigenvalue weighted by Crippen LogP contribution is -2.47. The number of hydrogen-bond acceptors (Lipinski definition) is 1. The van der Waals surface area contributed by atoms with E-state index in [0.717, 1.165) is 29.5 Å². The van der Waals surface area contributed by atoms with Crippen LogP contribution >= 0.6 is 0 Å². The summed E-state index contributed by atoms with van der Waals surface area (Å²) in [4.78, 5) is 4.67. The highest BCUT2D eigenvalue weighted by Crippen LogP contribution is 2.54. The van der Waals surface area contributed by atoms with Crippen LogP contribution in [0.2, 0.25) is 0 Å². The van der Waals surface area contributed by atoms with Crippen molar-refractivity contribution < 1.29 is 0 Å². The average molecular weight is 192 g/mol. The highest BCUT2D eigenvalue weighted by atomic mass is 14.9. The highest BCUT2D eigenvalue weighted by molar-refractivity contribution is 5.77. The topological polar surface area (TPSA) is 38.4 Å². The standard InChI is InChI=1S/C12H20N2/c1-7(13)14-12-10-3-8-2-9(5-10)6-11(12)4-8/h8-12H,2-6H2,1H3,(H2,13,14). The van der Waals surface area contributed by atoms with Gasteiger partial charge in [-0.15, -0.1) is 0 Å². The van der Waals surface area contributed by atoms with E-state index in [9.17, 15) is 0 Å². The molecule has 2 heteroatoms. The molecule has 0 radical (unpaired) electrons. The summed E-state index contributed by atoms with van der Waals surface area (Å²) in [6.45, 7) is 1.94. The molecule has 2 N–H and O–H groups in total. The summed E-state index contributed by atoms with van der Waals surface area (Å²) in [7, 11) is 0.